The summed E-state index contributed by atoms with van der Waals surface area (Å²) in [7, 11) is -3.67. The van der Waals surface area contributed by atoms with Gasteiger partial charge >= 0.3 is 0 Å². The van der Waals surface area contributed by atoms with Gasteiger partial charge in [-0.3, -0.25) is 9.96 Å². The van der Waals surface area contributed by atoms with Crippen LogP contribution in [0.25, 0.3) is 0 Å². The molecule has 0 amide bonds. The molecule has 0 radical (unpaired) electrons. The molecule has 0 heterocycles. The van der Waals surface area contributed by atoms with Gasteiger partial charge in [0.15, 0.2) is 5.96 Å². The van der Waals surface area contributed by atoms with E-state index in [9.17, 15) is 8.42 Å². The van der Waals surface area contributed by atoms with Gasteiger partial charge in [-0.15, -0.1) is 0 Å². The summed E-state index contributed by atoms with van der Waals surface area (Å²) >= 11 is 0. The van der Waals surface area contributed by atoms with Crippen molar-refractivity contribution in [3.05, 3.63) is 60.2 Å². The van der Waals surface area contributed by atoms with Gasteiger partial charge < -0.3 is 10.6 Å². The van der Waals surface area contributed by atoms with Gasteiger partial charge in [0.25, 0.3) is 10.1 Å². The summed E-state index contributed by atoms with van der Waals surface area (Å²) < 4.78 is 25.9. The fraction of sp³-hybridized carbons (Fsp3) is 0.278. The van der Waals surface area contributed by atoms with Crippen molar-refractivity contribution < 1.29 is 13.0 Å². The Kier molecular flexibility index (Phi) is 7.14. The molecule has 0 aromatic heterocycles. The van der Waals surface area contributed by atoms with Crippen molar-refractivity contribution in [3.8, 4) is 0 Å². The molecule has 0 unspecified atom stereocenters. The van der Waals surface area contributed by atoms with Crippen LogP contribution in [0.4, 0.5) is 11.4 Å². The molecule has 4 N–H and O–H groups in total. The van der Waals surface area contributed by atoms with Gasteiger partial charge in [0.2, 0.25) is 0 Å². The highest BCUT2D eigenvalue weighted by Gasteiger charge is 2.12. The zero-order chi connectivity index (χ0) is 19.1. The quantitative estimate of drug-likeness (QED) is 0.368. The van der Waals surface area contributed by atoms with E-state index in [-0.39, 0.29) is 11.4 Å². The number of para-hydroxylation sites is 1. The van der Waals surface area contributed by atoms with Gasteiger partial charge in [-0.2, -0.15) is 8.42 Å². The van der Waals surface area contributed by atoms with Gasteiger partial charge in [0, 0.05) is 11.4 Å². The monoisotopic (exact) mass is 363 g/mol. The summed E-state index contributed by atoms with van der Waals surface area (Å²) in [4.78, 5) is 0. The zero-order valence-electron chi connectivity index (χ0n) is 14.9. The Balaban J connectivity index is 0.000000550. The molecule has 0 bridgehead atoms. The van der Waals surface area contributed by atoms with E-state index in [0.29, 0.717) is 6.26 Å². The molecule has 0 aliphatic carbocycles. The average molecular weight is 363 g/mol. The van der Waals surface area contributed by atoms with Crippen molar-refractivity contribution in [1.29, 1.82) is 5.41 Å². The number of rotatable bonds is 2. The standard InChI is InChI=1S/C17H21N3.CH4O3S/c1-17(2,3)13-9-11-15(12-10-13)20-16(18)19-14-7-5-4-6-8-14;1-5(2,3)4/h4-12H,1-3H3,(H3,18,19,20);1H3,(H,2,3,4). The van der Waals surface area contributed by atoms with Crippen LogP contribution < -0.4 is 10.6 Å². The van der Waals surface area contributed by atoms with Crippen molar-refractivity contribution in [2.45, 2.75) is 26.2 Å². The lowest BCUT2D eigenvalue weighted by Gasteiger charge is -2.19. The molecule has 25 heavy (non-hydrogen) atoms. The molecule has 0 fully saturated rings. The number of guanidine groups is 1. The van der Waals surface area contributed by atoms with Crippen LogP contribution in [0, 0.1) is 5.41 Å². The van der Waals surface area contributed by atoms with Crippen molar-refractivity contribution in [2.75, 3.05) is 16.9 Å². The molecule has 2 rings (SSSR count). The van der Waals surface area contributed by atoms with E-state index in [0.717, 1.165) is 11.4 Å². The second-order valence-corrected chi connectivity index (χ2v) is 8.02. The van der Waals surface area contributed by atoms with Gasteiger partial charge in [-0.1, -0.05) is 51.1 Å². The third-order valence-electron chi connectivity index (χ3n) is 3.06. The molecule has 2 aromatic carbocycles. The third-order valence-corrected chi connectivity index (χ3v) is 3.06. The maximum absolute atomic E-state index is 9.19. The van der Waals surface area contributed by atoms with Crippen LogP contribution in [-0.4, -0.2) is 25.2 Å². The lowest BCUT2D eigenvalue weighted by molar-refractivity contribution is 0.490. The van der Waals surface area contributed by atoms with Gasteiger partial charge in [0.1, 0.15) is 0 Å². The Hall–Kier alpha value is -2.38. The summed E-state index contributed by atoms with van der Waals surface area (Å²) in [5.41, 5.74) is 3.24. The van der Waals surface area contributed by atoms with E-state index in [2.05, 4.69) is 43.5 Å². The predicted molar refractivity (Wildman–Crippen MR) is 104 cm³/mol. The highest BCUT2D eigenvalue weighted by Crippen LogP contribution is 2.23. The number of hydrogen-bond acceptors (Lipinski definition) is 3. The second-order valence-electron chi connectivity index (χ2n) is 6.55. The summed E-state index contributed by atoms with van der Waals surface area (Å²) in [5.74, 6) is 0.264. The van der Waals surface area contributed by atoms with E-state index in [1.807, 2.05) is 42.5 Å². The van der Waals surface area contributed by atoms with E-state index >= 15 is 0 Å². The number of benzene rings is 2. The van der Waals surface area contributed by atoms with Gasteiger partial charge in [-0.05, 0) is 35.2 Å². The first-order valence-electron chi connectivity index (χ1n) is 7.66. The predicted octanol–water partition coefficient (Wildman–Crippen LogP) is 3.95. The first-order chi connectivity index (χ1) is 11.4. The van der Waals surface area contributed by atoms with Crippen molar-refractivity contribution in [3.63, 3.8) is 0 Å². The molecule has 0 saturated carbocycles. The smallest absolute Gasteiger partial charge is 0.261 e. The van der Waals surface area contributed by atoms with E-state index in [4.69, 9.17) is 9.96 Å². The first-order valence-corrected chi connectivity index (χ1v) is 9.50. The lowest BCUT2D eigenvalue weighted by Crippen LogP contribution is -2.20. The Morgan fingerprint density at radius 1 is 0.920 bits per heavy atom. The van der Waals surface area contributed by atoms with Crippen LogP contribution in [-0.2, 0) is 15.5 Å². The average Bonchev–Trinajstić information content (AvgIpc) is 2.46. The largest absolute Gasteiger partial charge is 0.326 e. The summed E-state index contributed by atoms with van der Waals surface area (Å²) in [6, 6.07) is 17.9. The molecule has 136 valence electrons. The van der Waals surface area contributed by atoms with Crippen LogP contribution in [0.15, 0.2) is 54.6 Å². The van der Waals surface area contributed by atoms with Crippen LogP contribution in [0.2, 0.25) is 0 Å². The zero-order valence-corrected chi connectivity index (χ0v) is 15.7. The molecule has 0 aliphatic heterocycles. The number of hydrogen-bond donors (Lipinski definition) is 4. The van der Waals surface area contributed by atoms with Crippen LogP contribution in [0.5, 0.6) is 0 Å². The molecule has 2 aromatic rings. The molecular formula is C18H25N3O3S. The minimum atomic E-state index is -3.67. The van der Waals surface area contributed by atoms with Gasteiger partial charge in [-0.25, -0.2) is 0 Å². The summed E-state index contributed by atoms with van der Waals surface area (Å²) in [6.45, 7) is 6.57. The third kappa shape index (κ3) is 9.49. The number of anilines is 2. The maximum atomic E-state index is 9.19. The Morgan fingerprint density at radius 3 is 1.72 bits per heavy atom. The Morgan fingerprint density at radius 2 is 1.32 bits per heavy atom. The summed E-state index contributed by atoms with van der Waals surface area (Å²) in [5, 5.41) is 14.0. The van der Waals surface area contributed by atoms with Crippen molar-refractivity contribution >= 4 is 27.5 Å². The van der Waals surface area contributed by atoms with Gasteiger partial charge in [0.05, 0.1) is 6.26 Å². The summed E-state index contributed by atoms with van der Waals surface area (Å²) in [6.07, 6.45) is 0.715. The maximum Gasteiger partial charge on any atom is 0.261 e. The fourth-order valence-corrected chi connectivity index (χ4v) is 1.89. The fourth-order valence-electron chi connectivity index (χ4n) is 1.89. The Labute approximate surface area is 149 Å². The molecule has 0 saturated heterocycles. The van der Waals surface area contributed by atoms with Crippen LogP contribution in [0.3, 0.4) is 0 Å². The van der Waals surface area contributed by atoms with Crippen molar-refractivity contribution in [1.82, 2.24) is 0 Å². The minimum Gasteiger partial charge on any atom is -0.326 e. The molecule has 0 atom stereocenters. The highest BCUT2D eigenvalue weighted by molar-refractivity contribution is 7.85. The lowest BCUT2D eigenvalue weighted by atomic mass is 9.87. The normalized spacial score (nSPS) is 11.1. The molecular weight excluding hydrogens is 338 g/mol. The Bertz CT molecular complexity index is 773. The molecule has 7 heteroatoms. The second kappa shape index (κ2) is 8.64. The number of nitrogens with one attached hydrogen (secondary N) is 3. The molecule has 6 nitrogen and oxygen atoms in total. The van der Waals surface area contributed by atoms with Crippen LogP contribution in [0.1, 0.15) is 26.3 Å². The minimum absolute atomic E-state index is 0.147. The topological polar surface area (TPSA) is 102 Å². The highest BCUT2D eigenvalue weighted by atomic mass is 32.2. The van der Waals surface area contributed by atoms with E-state index < -0.39 is 10.1 Å². The molecule has 0 aliphatic rings. The SMILES string of the molecule is CC(C)(C)c1ccc(NC(=N)Nc2ccccc2)cc1.CS(=O)(=O)O. The molecule has 0 spiro atoms. The van der Waals surface area contributed by atoms with Crippen LogP contribution >= 0.6 is 0 Å². The van der Waals surface area contributed by atoms with Crippen molar-refractivity contribution in [2.24, 2.45) is 0 Å². The van der Waals surface area contributed by atoms with E-state index in [1.54, 1.807) is 0 Å². The van der Waals surface area contributed by atoms with E-state index in [1.165, 1.54) is 5.56 Å². The first kappa shape index (κ1) is 20.7.